The quantitative estimate of drug-likeness (QED) is 0.916. The van der Waals surface area contributed by atoms with Crippen LogP contribution in [0.2, 0.25) is 0 Å². The number of benzene rings is 1. The van der Waals surface area contributed by atoms with Gasteiger partial charge in [0, 0.05) is 37.9 Å². The largest absolute Gasteiger partial charge is 0.366 e. The van der Waals surface area contributed by atoms with E-state index in [0.717, 1.165) is 24.4 Å². The highest BCUT2D eigenvalue weighted by Gasteiger charge is 2.23. The molecule has 0 saturated heterocycles. The van der Waals surface area contributed by atoms with Gasteiger partial charge in [0.05, 0.1) is 6.54 Å². The van der Waals surface area contributed by atoms with Gasteiger partial charge in [0.25, 0.3) is 0 Å². The number of para-hydroxylation sites is 1. The number of rotatable bonds is 5. The van der Waals surface area contributed by atoms with Gasteiger partial charge in [-0.15, -0.1) is 0 Å². The second kappa shape index (κ2) is 6.95. The molecule has 6 heteroatoms. The molecule has 24 heavy (non-hydrogen) atoms. The summed E-state index contributed by atoms with van der Waals surface area (Å²) in [4.78, 5) is 16.2. The molecule has 1 aliphatic rings. The molecule has 128 valence electrons. The van der Waals surface area contributed by atoms with Crippen molar-refractivity contribution in [3.63, 3.8) is 0 Å². The number of hydrogen-bond donors (Lipinski definition) is 1. The molecule has 2 aromatic rings. The van der Waals surface area contributed by atoms with Gasteiger partial charge in [-0.25, -0.2) is 4.79 Å². The van der Waals surface area contributed by atoms with E-state index in [1.165, 1.54) is 11.3 Å². The number of urea groups is 1. The van der Waals surface area contributed by atoms with Gasteiger partial charge in [0.15, 0.2) is 0 Å². The summed E-state index contributed by atoms with van der Waals surface area (Å²) in [5, 5.41) is 6.92. The molecule has 1 atom stereocenters. The molecule has 1 aliphatic heterocycles. The lowest BCUT2D eigenvalue weighted by Crippen LogP contribution is -2.45. The van der Waals surface area contributed by atoms with Crippen molar-refractivity contribution < 1.29 is 9.32 Å². The van der Waals surface area contributed by atoms with Crippen molar-refractivity contribution in [2.24, 2.45) is 0 Å². The first kappa shape index (κ1) is 16.4. The zero-order valence-electron chi connectivity index (χ0n) is 14.5. The normalized spacial score (nSPS) is 14.4. The van der Waals surface area contributed by atoms with Gasteiger partial charge >= 0.3 is 6.03 Å². The van der Waals surface area contributed by atoms with Crippen LogP contribution in [0.1, 0.15) is 23.9 Å². The summed E-state index contributed by atoms with van der Waals surface area (Å²) < 4.78 is 5.03. The van der Waals surface area contributed by atoms with E-state index in [2.05, 4.69) is 46.6 Å². The standard InChI is InChI=1S/C18H24N4O2/c1-13(22-9-8-15-6-4-5-7-17(15)22)11-19-18(23)21(3)12-16-10-14(2)24-20-16/h4-7,10,13H,8-9,11-12H2,1-3H3,(H,19,23)/t13-/m1/s1. The third kappa shape index (κ3) is 3.53. The average molecular weight is 328 g/mol. The van der Waals surface area contributed by atoms with Crippen molar-refractivity contribution >= 4 is 11.7 Å². The highest BCUT2D eigenvalue weighted by Crippen LogP contribution is 2.28. The summed E-state index contributed by atoms with van der Waals surface area (Å²) in [5.41, 5.74) is 3.42. The van der Waals surface area contributed by atoms with E-state index < -0.39 is 0 Å². The first-order valence-corrected chi connectivity index (χ1v) is 8.30. The number of carbonyl (C=O) groups is 1. The van der Waals surface area contributed by atoms with Crippen LogP contribution in [-0.4, -0.2) is 42.3 Å². The van der Waals surface area contributed by atoms with E-state index >= 15 is 0 Å². The van der Waals surface area contributed by atoms with Gasteiger partial charge < -0.3 is 19.6 Å². The maximum atomic E-state index is 12.3. The summed E-state index contributed by atoms with van der Waals surface area (Å²) in [7, 11) is 1.76. The van der Waals surface area contributed by atoms with Crippen LogP contribution in [0, 0.1) is 6.92 Å². The molecule has 0 spiro atoms. The Bertz CT molecular complexity index is 713. The average Bonchev–Trinajstić information content (AvgIpc) is 3.18. The Morgan fingerprint density at radius 1 is 1.46 bits per heavy atom. The van der Waals surface area contributed by atoms with Crippen LogP contribution in [0.3, 0.4) is 0 Å². The highest BCUT2D eigenvalue weighted by molar-refractivity contribution is 5.74. The van der Waals surface area contributed by atoms with Gasteiger partial charge in [0.1, 0.15) is 11.5 Å². The fourth-order valence-corrected chi connectivity index (χ4v) is 3.11. The fraction of sp³-hybridized carbons (Fsp3) is 0.444. The topological polar surface area (TPSA) is 61.6 Å². The lowest BCUT2D eigenvalue weighted by Gasteiger charge is -2.28. The van der Waals surface area contributed by atoms with Crippen LogP contribution >= 0.6 is 0 Å². The van der Waals surface area contributed by atoms with E-state index in [9.17, 15) is 4.79 Å². The van der Waals surface area contributed by atoms with Crippen LogP contribution in [0.5, 0.6) is 0 Å². The summed E-state index contributed by atoms with van der Waals surface area (Å²) in [6.45, 7) is 6.03. The Labute approximate surface area is 142 Å². The second-order valence-electron chi connectivity index (χ2n) is 6.39. The van der Waals surface area contributed by atoms with Crippen molar-refractivity contribution in [1.29, 1.82) is 0 Å². The minimum Gasteiger partial charge on any atom is -0.366 e. The Morgan fingerprint density at radius 3 is 3.00 bits per heavy atom. The van der Waals surface area contributed by atoms with Crippen LogP contribution in [0.25, 0.3) is 0 Å². The molecule has 1 aromatic carbocycles. The van der Waals surface area contributed by atoms with Gasteiger partial charge in [0.2, 0.25) is 0 Å². The molecule has 3 rings (SSSR count). The van der Waals surface area contributed by atoms with Crippen LogP contribution in [0.4, 0.5) is 10.5 Å². The third-order valence-electron chi connectivity index (χ3n) is 4.43. The third-order valence-corrected chi connectivity index (χ3v) is 4.43. The van der Waals surface area contributed by atoms with Crippen LogP contribution < -0.4 is 10.2 Å². The summed E-state index contributed by atoms with van der Waals surface area (Å²) in [6, 6.07) is 10.5. The first-order chi connectivity index (χ1) is 11.5. The minimum absolute atomic E-state index is 0.102. The molecular formula is C18H24N4O2. The summed E-state index contributed by atoms with van der Waals surface area (Å²) in [5.74, 6) is 0.750. The van der Waals surface area contributed by atoms with E-state index in [1.807, 2.05) is 13.0 Å². The van der Waals surface area contributed by atoms with Gasteiger partial charge in [-0.3, -0.25) is 0 Å². The first-order valence-electron chi connectivity index (χ1n) is 8.30. The molecule has 2 amide bonds. The number of aryl methyl sites for hydroxylation is 1. The lowest BCUT2D eigenvalue weighted by molar-refractivity contribution is 0.205. The summed E-state index contributed by atoms with van der Waals surface area (Å²) >= 11 is 0. The summed E-state index contributed by atoms with van der Waals surface area (Å²) in [6.07, 6.45) is 1.07. The van der Waals surface area contributed by atoms with Gasteiger partial charge in [-0.2, -0.15) is 0 Å². The Kier molecular flexibility index (Phi) is 4.74. The predicted octanol–water partition coefficient (Wildman–Crippen LogP) is 2.58. The minimum atomic E-state index is -0.102. The van der Waals surface area contributed by atoms with Gasteiger partial charge in [-0.05, 0) is 31.9 Å². The number of fused-ring (bicyclic) bond motifs is 1. The molecule has 2 heterocycles. The highest BCUT2D eigenvalue weighted by atomic mass is 16.5. The predicted molar refractivity (Wildman–Crippen MR) is 93.1 cm³/mol. The molecule has 0 bridgehead atoms. The van der Waals surface area contributed by atoms with Crippen molar-refractivity contribution in [2.75, 3.05) is 25.0 Å². The van der Waals surface area contributed by atoms with Crippen molar-refractivity contribution in [3.05, 3.63) is 47.3 Å². The number of carbonyl (C=O) groups excluding carboxylic acids is 1. The zero-order chi connectivity index (χ0) is 17.1. The monoisotopic (exact) mass is 328 g/mol. The SMILES string of the molecule is Cc1cc(CN(C)C(=O)NC[C@@H](C)N2CCc3ccccc32)no1. The molecule has 6 nitrogen and oxygen atoms in total. The zero-order valence-corrected chi connectivity index (χ0v) is 14.5. The Balaban J connectivity index is 1.51. The molecule has 0 radical (unpaired) electrons. The fourth-order valence-electron chi connectivity index (χ4n) is 3.11. The van der Waals surface area contributed by atoms with E-state index in [0.29, 0.717) is 13.1 Å². The number of hydrogen-bond acceptors (Lipinski definition) is 4. The number of amides is 2. The van der Waals surface area contributed by atoms with E-state index in [4.69, 9.17) is 4.52 Å². The number of anilines is 1. The molecule has 1 aromatic heterocycles. The molecule has 0 unspecified atom stereocenters. The maximum Gasteiger partial charge on any atom is 0.317 e. The van der Waals surface area contributed by atoms with Crippen LogP contribution in [-0.2, 0) is 13.0 Å². The second-order valence-corrected chi connectivity index (χ2v) is 6.39. The van der Waals surface area contributed by atoms with E-state index in [-0.39, 0.29) is 12.1 Å². The number of nitrogens with one attached hydrogen (secondary N) is 1. The van der Waals surface area contributed by atoms with Crippen molar-refractivity contribution in [2.45, 2.75) is 32.9 Å². The number of nitrogens with zero attached hydrogens (tertiary/aromatic N) is 3. The number of aromatic nitrogens is 1. The lowest BCUT2D eigenvalue weighted by atomic mass is 10.2. The molecule has 0 aliphatic carbocycles. The van der Waals surface area contributed by atoms with Crippen molar-refractivity contribution in [3.8, 4) is 0 Å². The molecule has 0 fully saturated rings. The van der Waals surface area contributed by atoms with Crippen molar-refractivity contribution in [1.82, 2.24) is 15.4 Å². The van der Waals surface area contributed by atoms with E-state index in [1.54, 1.807) is 11.9 Å². The van der Waals surface area contributed by atoms with Gasteiger partial charge in [-0.1, -0.05) is 23.4 Å². The molecule has 1 N–H and O–H groups in total. The Morgan fingerprint density at radius 2 is 2.25 bits per heavy atom. The smallest absolute Gasteiger partial charge is 0.317 e. The molecule has 0 saturated carbocycles. The molecular weight excluding hydrogens is 304 g/mol. The van der Waals surface area contributed by atoms with Crippen LogP contribution in [0.15, 0.2) is 34.9 Å². The Hall–Kier alpha value is -2.50. The maximum absolute atomic E-state index is 12.3.